The third kappa shape index (κ3) is 4.52. The van der Waals surface area contributed by atoms with Crippen LogP contribution in [0.2, 0.25) is 0 Å². The number of hydrogen-bond donors (Lipinski definition) is 3. The molecular formula is C28H19F4N3O4. The Hall–Kier alpha value is -4.93. The number of aliphatic carboxylic acids is 1. The molecule has 1 aliphatic carbocycles. The van der Waals surface area contributed by atoms with Gasteiger partial charge in [0.1, 0.15) is 11.6 Å². The van der Waals surface area contributed by atoms with Gasteiger partial charge in [0.05, 0.1) is 16.9 Å². The Morgan fingerprint density at radius 2 is 1.72 bits per heavy atom. The molecule has 0 saturated heterocycles. The summed E-state index contributed by atoms with van der Waals surface area (Å²) in [7, 11) is 0. The fraction of sp³-hybridized carbons (Fsp3) is 0.107. The fourth-order valence-corrected chi connectivity index (χ4v) is 4.54. The van der Waals surface area contributed by atoms with E-state index in [9.17, 15) is 37.4 Å². The molecule has 1 amide bonds. The molecule has 0 saturated carbocycles. The summed E-state index contributed by atoms with van der Waals surface area (Å²) in [5.41, 5.74) is 0.408. The lowest BCUT2D eigenvalue weighted by Gasteiger charge is -2.29. The van der Waals surface area contributed by atoms with Crippen LogP contribution in [0, 0.1) is 5.82 Å². The van der Waals surface area contributed by atoms with Gasteiger partial charge in [0, 0.05) is 17.5 Å². The Morgan fingerprint density at radius 3 is 2.38 bits per heavy atom. The number of amides is 1. The number of phenolic OH excluding ortho intramolecular Hbond substituents is 1. The number of allylic oxidation sites excluding steroid dienone is 2. The smallest absolute Gasteiger partial charge is 0.419 e. The number of alkyl halides is 3. The quantitative estimate of drug-likeness (QED) is 0.299. The summed E-state index contributed by atoms with van der Waals surface area (Å²) in [6, 6.07) is 14.8. The maximum absolute atomic E-state index is 14.3. The van der Waals surface area contributed by atoms with E-state index in [-0.39, 0.29) is 34.8 Å². The average molecular weight is 537 g/mol. The summed E-state index contributed by atoms with van der Waals surface area (Å²) in [6.45, 7) is 0. The Balaban J connectivity index is 1.50. The van der Waals surface area contributed by atoms with Gasteiger partial charge in [-0.1, -0.05) is 48.6 Å². The number of carboxylic acids is 1. The minimum absolute atomic E-state index is 0.0380. The van der Waals surface area contributed by atoms with Crippen molar-refractivity contribution < 1.29 is 37.4 Å². The van der Waals surface area contributed by atoms with Crippen LogP contribution in [0.15, 0.2) is 90.1 Å². The van der Waals surface area contributed by atoms with Crippen LogP contribution in [-0.4, -0.2) is 33.3 Å². The number of phenols is 1. The summed E-state index contributed by atoms with van der Waals surface area (Å²) in [5, 5.41) is 24.5. The molecule has 0 aromatic heterocycles. The van der Waals surface area contributed by atoms with Crippen LogP contribution in [0.25, 0.3) is 5.57 Å². The van der Waals surface area contributed by atoms with Crippen LogP contribution in [-0.2, 0) is 15.8 Å². The van der Waals surface area contributed by atoms with E-state index in [1.54, 1.807) is 36.4 Å². The molecule has 5 rings (SSSR count). The van der Waals surface area contributed by atoms with E-state index < -0.39 is 35.0 Å². The van der Waals surface area contributed by atoms with Crippen molar-refractivity contribution in [1.82, 2.24) is 5.43 Å². The van der Waals surface area contributed by atoms with Crippen LogP contribution in [0.1, 0.15) is 23.1 Å². The Bertz CT molecular complexity index is 1600. The number of benzene rings is 3. The van der Waals surface area contributed by atoms with E-state index in [2.05, 4.69) is 10.5 Å². The largest absolute Gasteiger partial charge is 0.507 e. The number of nitrogens with one attached hydrogen (secondary N) is 1. The summed E-state index contributed by atoms with van der Waals surface area (Å²) >= 11 is 0. The number of carbonyl (C=O) groups excluding carboxylic acids is 1. The predicted octanol–water partition coefficient (Wildman–Crippen LogP) is 5.39. The number of hydrazone groups is 1. The van der Waals surface area contributed by atoms with Crippen LogP contribution in [0.3, 0.4) is 0 Å². The standard InChI is InChI=1S/C28H19F4N3O4/c29-21-14-17(11-12-20(21)28(30,31)32)35-22-9-3-1-8-19(22)24(25(35)37)33-34-27(26(38)39)13-5-6-16(15-27)18-7-2-4-10-23(18)36/h1-14,34,36H,15H2,(H,38,39)/b33-24-. The molecule has 3 aromatic rings. The van der Waals surface area contributed by atoms with Gasteiger partial charge in [-0.3, -0.25) is 15.1 Å². The van der Waals surface area contributed by atoms with E-state index in [0.717, 1.165) is 11.0 Å². The third-order valence-electron chi connectivity index (χ3n) is 6.47. The number of rotatable bonds is 5. The van der Waals surface area contributed by atoms with Crippen LogP contribution in [0.4, 0.5) is 28.9 Å². The zero-order valence-electron chi connectivity index (χ0n) is 19.9. The van der Waals surface area contributed by atoms with Gasteiger partial charge in [0.15, 0.2) is 11.3 Å². The van der Waals surface area contributed by atoms with Crippen LogP contribution < -0.4 is 10.3 Å². The first kappa shape index (κ1) is 25.7. The molecule has 1 atom stereocenters. The normalized spacial score (nSPS) is 19.7. The number of anilines is 2. The monoisotopic (exact) mass is 537 g/mol. The first-order valence-electron chi connectivity index (χ1n) is 11.6. The van der Waals surface area contributed by atoms with Gasteiger partial charge in [-0.15, -0.1) is 0 Å². The Morgan fingerprint density at radius 1 is 1.03 bits per heavy atom. The summed E-state index contributed by atoms with van der Waals surface area (Å²) < 4.78 is 53.5. The van der Waals surface area contributed by atoms with Gasteiger partial charge in [0.2, 0.25) is 0 Å². The zero-order chi connectivity index (χ0) is 27.9. The van der Waals surface area contributed by atoms with Crippen molar-refractivity contribution in [3.63, 3.8) is 0 Å². The van der Waals surface area contributed by atoms with Crippen molar-refractivity contribution >= 4 is 34.5 Å². The molecule has 7 nitrogen and oxygen atoms in total. The average Bonchev–Trinajstić information content (AvgIpc) is 3.18. The first-order chi connectivity index (χ1) is 18.5. The van der Waals surface area contributed by atoms with Crippen molar-refractivity contribution in [2.24, 2.45) is 5.10 Å². The minimum Gasteiger partial charge on any atom is -0.507 e. The number of aromatic hydroxyl groups is 1. The molecule has 0 radical (unpaired) electrons. The lowest BCUT2D eigenvalue weighted by molar-refractivity contribution is -0.142. The Labute approximate surface area is 219 Å². The number of para-hydroxylation sites is 2. The second-order valence-electron chi connectivity index (χ2n) is 8.91. The maximum atomic E-state index is 14.3. The molecular weight excluding hydrogens is 518 g/mol. The van der Waals surface area contributed by atoms with E-state index in [4.69, 9.17) is 0 Å². The van der Waals surface area contributed by atoms with Crippen molar-refractivity contribution in [3.8, 4) is 5.75 Å². The zero-order valence-corrected chi connectivity index (χ0v) is 19.9. The van der Waals surface area contributed by atoms with Gasteiger partial charge in [-0.2, -0.15) is 18.3 Å². The molecule has 0 spiro atoms. The van der Waals surface area contributed by atoms with E-state index in [0.29, 0.717) is 23.3 Å². The molecule has 11 heteroatoms. The molecule has 0 bridgehead atoms. The summed E-state index contributed by atoms with van der Waals surface area (Å²) in [6.07, 6.45) is -0.529. The number of hydrogen-bond acceptors (Lipinski definition) is 5. The number of fused-ring (bicyclic) bond motifs is 1. The summed E-state index contributed by atoms with van der Waals surface area (Å²) in [5.74, 6) is -3.68. The number of carboxylic acid groups (broad SMARTS) is 1. The Kier molecular flexibility index (Phi) is 6.21. The maximum Gasteiger partial charge on any atom is 0.419 e. The van der Waals surface area contributed by atoms with Crippen LogP contribution >= 0.6 is 0 Å². The topological polar surface area (TPSA) is 102 Å². The van der Waals surface area contributed by atoms with E-state index >= 15 is 0 Å². The van der Waals surface area contributed by atoms with E-state index in [1.165, 1.54) is 30.4 Å². The van der Waals surface area contributed by atoms with Crippen molar-refractivity contribution in [2.45, 2.75) is 18.1 Å². The number of nitrogens with zero attached hydrogens (tertiary/aromatic N) is 2. The number of carbonyl (C=O) groups is 2. The molecule has 3 N–H and O–H groups in total. The molecule has 3 aromatic carbocycles. The second kappa shape index (κ2) is 9.43. The SMILES string of the molecule is O=C1/C(=N\NC2(C(=O)O)C=CC=C(c3ccccc3O)C2)c2ccccc2N1c1ccc(C(F)(F)F)c(F)c1. The molecule has 0 fully saturated rings. The first-order valence-corrected chi connectivity index (χ1v) is 11.6. The highest BCUT2D eigenvalue weighted by Crippen LogP contribution is 2.39. The van der Waals surface area contributed by atoms with Crippen molar-refractivity contribution in [2.75, 3.05) is 4.90 Å². The fourth-order valence-electron chi connectivity index (χ4n) is 4.54. The third-order valence-corrected chi connectivity index (χ3v) is 6.47. The van der Waals surface area contributed by atoms with Gasteiger partial charge >= 0.3 is 12.1 Å². The molecule has 39 heavy (non-hydrogen) atoms. The molecule has 198 valence electrons. The number of halogens is 4. The minimum atomic E-state index is -4.91. The highest BCUT2D eigenvalue weighted by atomic mass is 19.4. The molecule has 1 aliphatic heterocycles. The molecule has 2 aliphatic rings. The highest BCUT2D eigenvalue weighted by Gasteiger charge is 2.41. The van der Waals surface area contributed by atoms with Crippen LogP contribution in [0.5, 0.6) is 5.75 Å². The lowest BCUT2D eigenvalue weighted by atomic mass is 9.84. The van der Waals surface area contributed by atoms with Gasteiger partial charge in [0.25, 0.3) is 5.91 Å². The highest BCUT2D eigenvalue weighted by molar-refractivity contribution is 6.55. The van der Waals surface area contributed by atoms with Crippen molar-refractivity contribution in [1.29, 1.82) is 0 Å². The van der Waals surface area contributed by atoms with E-state index in [1.807, 2.05) is 0 Å². The summed E-state index contributed by atoms with van der Waals surface area (Å²) in [4.78, 5) is 26.8. The lowest BCUT2D eigenvalue weighted by Crippen LogP contribution is -2.49. The predicted molar refractivity (Wildman–Crippen MR) is 135 cm³/mol. The van der Waals surface area contributed by atoms with Gasteiger partial charge in [-0.05, 0) is 42.0 Å². The molecule has 1 heterocycles. The molecule has 1 unspecified atom stereocenters. The van der Waals surface area contributed by atoms with Crippen molar-refractivity contribution in [3.05, 3.63) is 107 Å². The van der Waals surface area contributed by atoms with Gasteiger partial charge < -0.3 is 10.2 Å². The second-order valence-corrected chi connectivity index (χ2v) is 8.91. The van der Waals surface area contributed by atoms with Gasteiger partial charge in [-0.25, -0.2) is 9.18 Å².